The van der Waals surface area contributed by atoms with Crippen LogP contribution in [-0.2, 0) is 11.2 Å². The Morgan fingerprint density at radius 1 is 1.50 bits per heavy atom. The number of hydrogen-bond donors (Lipinski definition) is 1. The number of terminal acetylenes is 1. The second-order valence-corrected chi connectivity index (χ2v) is 4.04. The molecule has 0 radical (unpaired) electrons. The lowest BCUT2D eigenvalue weighted by atomic mass is 10.1. The Morgan fingerprint density at radius 3 is 2.85 bits per heavy atom. The van der Waals surface area contributed by atoms with Gasteiger partial charge in [0.05, 0.1) is 7.11 Å². The molecule has 1 aromatic rings. The third kappa shape index (κ3) is 4.47. The van der Waals surface area contributed by atoms with Gasteiger partial charge in [-0.05, 0) is 24.6 Å². The van der Waals surface area contributed by atoms with Crippen molar-refractivity contribution >= 4 is 5.91 Å². The predicted molar refractivity (Wildman–Crippen MR) is 74.6 cm³/mol. The van der Waals surface area contributed by atoms with Crippen molar-refractivity contribution in [3.8, 4) is 23.8 Å². The highest BCUT2D eigenvalue weighted by atomic mass is 19.1. The largest absolute Gasteiger partial charge is 0.493 e. The van der Waals surface area contributed by atoms with E-state index in [1.165, 1.54) is 7.11 Å². The molecule has 0 aromatic heterocycles. The van der Waals surface area contributed by atoms with Gasteiger partial charge in [0, 0.05) is 13.0 Å². The lowest BCUT2D eigenvalue weighted by Gasteiger charge is -2.12. The van der Waals surface area contributed by atoms with Crippen LogP contribution in [0.4, 0.5) is 4.39 Å². The molecular formula is C15H18FNO3. The summed E-state index contributed by atoms with van der Waals surface area (Å²) in [5.41, 5.74) is 0.647. The molecule has 0 saturated carbocycles. The summed E-state index contributed by atoms with van der Waals surface area (Å²) in [5.74, 6) is 2.69. The molecule has 4 nitrogen and oxygen atoms in total. The molecular weight excluding hydrogens is 261 g/mol. The minimum absolute atomic E-state index is 0.0163. The first-order valence-corrected chi connectivity index (χ1v) is 6.27. The summed E-state index contributed by atoms with van der Waals surface area (Å²) >= 11 is 0. The zero-order valence-corrected chi connectivity index (χ0v) is 11.6. The van der Waals surface area contributed by atoms with Crippen molar-refractivity contribution in [2.75, 3.05) is 20.3 Å². The predicted octanol–water partition coefficient (Wildman–Crippen LogP) is 1.72. The maximum atomic E-state index is 13.7. The monoisotopic (exact) mass is 279 g/mol. The third-order valence-corrected chi connectivity index (χ3v) is 2.59. The smallest absolute Gasteiger partial charge is 0.254 e. The van der Waals surface area contributed by atoms with Crippen LogP contribution in [0.3, 0.4) is 0 Å². The van der Waals surface area contributed by atoms with Gasteiger partial charge in [0.15, 0.2) is 17.7 Å². The molecule has 0 fully saturated rings. The number of hydrogen-bond acceptors (Lipinski definition) is 3. The van der Waals surface area contributed by atoms with Crippen LogP contribution >= 0.6 is 0 Å². The fourth-order valence-corrected chi connectivity index (χ4v) is 1.66. The van der Waals surface area contributed by atoms with Crippen molar-refractivity contribution in [1.82, 2.24) is 5.32 Å². The van der Waals surface area contributed by atoms with Crippen LogP contribution in [0.5, 0.6) is 11.5 Å². The van der Waals surface area contributed by atoms with Crippen molar-refractivity contribution in [3.05, 3.63) is 23.8 Å². The van der Waals surface area contributed by atoms with E-state index in [1.807, 2.05) is 0 Å². The second kappa shape index (κ2) is 8.05. The molecule has 1 amide bonds. The van der Waals surface area contributed by atoms with Crippen LogP contribution in [-0.4, -0.2) is 32.3 Å². The number of amides is 1. The maximum Gasteiger partial charge on any atom is 0.254 e. The van der Waals surface area contributed by atoms with Gasteiger partial charge in [0.25, 0.3) is 5.91 Å². The molecule has 0 aliphatic heterocycles. The summed E-state index contributed by atoms with van der Waals surface area (Å²) in [5, 5.41) is 2.44. The van der Waals surface area contributed by atoms with Gasteiger partial charge in [-0.1, -0.05) is 12.0 Å². The van der Waals surface area contributed by atoms with E-state index in [4.69, 9.17) is 15.9 Å². The Kier molecular flexibility index (Phi) is 6.38. The number of benzene rings is 1. The maximum absolute atomic E-state index is 13.7. The minimum atomic E-state index is -1.59. The number of rotatable bonds is 7. The molecule has 0 saturated heterocycles. The van der Waals surface area contributed by atoms with Crippen LogP contribution in [0.25, 0.3) is 0 Å². The van der Waals surface area contributed by atoms with E-state index in [-0.39, 0.29) is 13.0 Å². The molecule has 1 unspecified atom stereocenters. The van der Waals surface area contributed by atoms with Crippen molar-refractivity contribution < 1.29 is 18.7 Å². The first kappa shape index (κ1) is 15.8. The Balaban J connectivity index is 2.77. The van der Waals surface area contributed by atoms with Gasteiger partial charge in [-0.15, -0.1) is 6.42 Å². The first-order chi connectivity index (χ1) is 9.62. The molecule has 0 spiro atoms. The molecule has 108 valence electrons. The lowest BCUT2D eigenvalue weighted by Crippen LogP contribution is -2.32. The highest BCUT2D eigenvalue weighted by Gasteiger charge is 2.17. The van der Waals surface area contributed by atoms with E-state index < -0.39 is 12.1 Å². The van der Waals surface area contributed by atoms with Gasteiger partial charge < -0.3 is 14.8 Å². The van der Waals surface area contributed by atoms with Gasteiger partial charge in [-0.2, -0.15) is 0 Å². The number of alkyl halides is 1. The number of methoxy groups -OCH3 is 1. The molecule has 1 rings (SSSR count). The molecule has 0 aliphatic carbocycles. The summed E-state index contributed by atoms with van der Waals surface area (Å²) in [4.78, 5) is 11.3. The minimum Gasteiger partial charge on any atom is -0.493 e. The number of ether oxygens (including phenoxy) is 2. The van der Waals surface area contributed by atoms with Crippen LogP contribution in [0, 0.1) is 12.3 Å². The topological polar surface area (TPSA) is 47.6 Å². The molecule has 1 atom stereocenters. The molecule has 1 aromatic carbocycles. The Bertz CT molecular complexity index is 496. The molecule has 20 heavy (non-hydrogen) atoms. The number of halogens is 1. The standard InChI is InChI=1S/C15H18FNO3/c1-4-8-20-13-7-6-11(10-14(13)19-3)9-12(16)15(18)17-5-2/h1,6-7,10,12H,5,8-9H2,2-3H3,(H,17,18). The van der Waals surface area contributed by atoms with E-state index in [9.17, 15) is 9.18 Å². The summed E-state index contributed by atoms with van der Waals surface area (Å²) in [6.45, 7) is 2.27. The van der Waals surface area contributed by atoms with Crippen molar-refractivity contribution in [3.63, 3.8) is 0 Å². The van der Waals surface area contributed by atoms with Gasteiger partial charge in [0.1, 0.15) is 6.61 Å². The summed E-state index contributed by atoms with van der Waals surface area (Å²) in [6, 6.07) is 4.97. The second-order valence-electron chi connectivity index (χ2n) is 4.04. The van der Waals surface area contributed by atoms with E-state index >= 15 is 0 Å². The molecule has 0 heterocycles. The average Bonchev–Trinajstić information content (AvgIpc) is 2.45. The van der Waals surface area contributed by atoms with Crippen LogP contribution in [0.2, 0.25) is 0 Å². The average molecular weight is 279 g/mol. The summed E-state index contributed by atoms with van der Waals surface area (Å²) in [7, 11) is 1.48. The van der Waals surface area contributed by atoms with Gasteiger partial charge in [-0.3, -0.25) is 4.79 Å². The summed E-state index contributed by atoms with van der Waals surface area (Å²) in [6.07, 6.45) is 3.51. The number of nitrogens with one attached hydrogen (secondary N) is 1. The highest BCUT2D eigenvalue weighted by molar-refractivity contribution is 5.80. The zero-order valence-electron chi connectivity index (χ0n) is 11.6. The number of carbonyl (C=O) groups excluding carboxylic acids is 1. The van der Waals surface area contributed by atoms with E-state index in [0.717, 1.165) is 0 Å². The third-order valence-electron chi connectivity index (χ3n) is 2.59. The van der Waals surface area contributed by atoms with Crippen LogP contribution in [0.1, 0.15) is 12.5 Å². The molecule has 0 aliphatic rings. The van der Waals surface area contributed by atoms with Gasteiger partial charge >= 0.3 is 0 Å². The molecule has 0 bridgehead atoms. The van der Waals surface area contributed by atoms with Gasteiger partial charge in [-0.25, -0.2) is 4.39 Å². The van der Waals surface area contributed by atoms with E-state index in [2.05, 4.69) is 11.2 Å². The van der Waals surface area contributed by atoms with Gasteiger partial charge in [0.2, 0.25) is 0 Å². The highest BCUT2D eigenvalue weighted by Crippen LogP contribution is 2.28. The van der Waals surface area contributed by atoms with Crippen LogP contribution < -0.4 is 14.8 Å². The Labute approximate surface area is 118 Å². The quantitative estimate of drug-likeness (QED) is 0.773. The van der Waals surface area contributed by atoms with Crippen LogP contribution in [0.15, 0.2) is 18.2 Å². The Hall–Kier alpha value is -2.22. The Morgan fingerprint density at radius 2 is 2.25 bits per heavy atom. The fourth-order valence-electron chi connectivity index (χ4n) is 1.66. The van der Waals surface area contributed by atoms with E-state index in [0.29, 0.717) is 23.6 Å². The number of carbonyl (C=O) groups is 1. The van der Waals surface area contributed by atoms with Crippen molar-refractivity contribution in [1.29, 1.82) is 0 Å². The normalized spacial score (nSPS) is 11.3. The molecule has 5 heteroatoms. The SMILES string of the molecule is C#CCOc1ccc(CC(F)C(=O)NCC)cc1OC. The lowest BCUT2D eigenvalue weighted by molar-refractivity contribution is -0.125. The van der Waals surface area contributed by atoms with Crippen molar-refractivity contribution in [2.45, 2.75) is 19.5 Å². The van der Waals surface area contributed by atoms with E-state index in [1.54, 1.807) is 25.1 Å². The first-order valence-electron chi connectivity index (χ1n) is 6.27. The summed E-state index contributed by atoms with van der Waals surface area (Å²) < 4.78 is 24.1. The fraction of sp³-hybridized carbons (Fsp3) is 0.400. The molecule has 1 N–H and O–H groups in total. The van der Waals surface area contributed by atoms with Crippen molar-refractivity contribution in [2.24, 2.45) is 0 Å². The zero-order chi connectivity index (χ0) is 15.0.